The summed E-state index contributed by atoms with van der Waals surface area (Å²) < 4.78 is 12.0. The fourth-order valence-corrected chi connectivity index (χ4v) is 2.27. The highest BCUT2D eigenvalue weighted by molar-refractivity contribution is 9.10. The van der Waals surface area contributed by atoms with Crippen LogP contribution in [0.1, 0.15) is 11.1 Å². The Morgan fingerprint density at radius 1 is 1.20 bits per heavy atom. The van der Waals surface area contributed by atoms with Crippen LogP contribution in [0.15, 0.2) is 46.9 Å². The van der Waals surface area contributed by atoms with Crippen LogP contribution in [0.25, 0.3) is 0 Å². The molecule has 0 aliphatic heterocycles. The van der Waals surface area contributed by atoms with Crippen molar-refractivity contribution < 1.29 is 9.47 Å². The van der Waals surface area contributed by atoms with E-state index in [-0.39, 0.29) is 0 Å². The van der Waals surface area contributed by atoms with E-state index in [0.717, 1.165) is 15.6 Å². The highest BCUT2D eigenvalue weighted by Gasteiger charge is 2.05. The third-order valence-electron chi connectivity index (χ3n) is 2.69. The molecule has 0 aliphatic rings. The molecule has 0 bridgehead atoms. The van der Waals surface area contributed by atoms with Gasteiger partial charge in [-0.05, 0) is 29.8 Å². The molecule has 0 saturated carbocycles. The van der Waals surface area contributed by atoms with Crippen LogP contribution in [0.4, 0.5) is 0 Å². The number of hydrogen-bond acceptors (Lipinski definition) is 3. The first-order valence-electron chi connectivity index (χ1n) is 5.94. The Kier molecular flexibility index (Phi) is 4.98. The van der Waals surface area contributed by atoms with Crippen LogP contribution in [0.5, 0.6) is 11.5 Å². The van der Waals surface area contributed by atoms with Crippen molar-refractivity contribution in [2.24, 2.45) is 5.73 Å². The summed E-state index contributed by atoms with van der Waals surface area (Å²) in [5.74, 6) is 1.34. The van der Waals surface area contributed by atoms with Crippen molar-refractivity contribution in [3.8, 4) is 11.5 Å². The average molecular weight is 352 g/mol. The molecule has 3 nitrogen and oxygen atoms in total. The number of methoxy groups -OCH3 is 1. The Labute approximate surface area is 131 Å². The van der Waals surface area contributed by atoms with E-state index in [0.29, 0.717) is 23.1 Å². The summed E-state index contributed by atoms with van der Waals surface area (Å²) in [4.78, 5) is 0.316. The van der Waals surface area contributed by atoms with Crippen molar-refractivity contribution >= 4 is 33.1 Å². The van der Waals surface area contributed by atoms with E-state index in [2.05, 4.69) is 15.9 Å². The van der Waals surface area contributed by atoms with Gasteiger partial charge in [-0.2, -0.15) is 0 Å². The molecule has 104 valence electrons. The monoisotopic (exact) mass is 351 g/mol. The van der Waals surface area contributed by atoms with Crippen molar-refractivity contribution in [1.82, 2.24) is 0 Å². The van der Waals surface area contributed by atoms with Gasteiger partial charge < -0.3 is 15.2 Å². The molecule has 2 rings (SSSR count). The summed E-state index contributed by atoms with van der Waals surface area (Å²) in [5, 5.41) is 0. The number of thiocarbonyl (C=S) groups is 1. The summed E-state index contributed by atoms with van der Waals surface area (Å²) in [6.07, 6.45) is 0. The fraction of sp³-hybridized carbons (Fsp3) is 0.133. The molecule has 2 N–H and O–H groups in total. The second kappa shape index (κ2) is 6.72. The van der Waals surface area contributed by atoms with E-state index in [4.69, 9.17) is 27.4 Å². The van der Waals surface area contributed by atoms with E-state index in [1.165, 1.54) is 0 Å². The van der Waals surface area contributed by atoms with Gasteiger partial charge in [0.2, 0.25) is 0 Å². The predicted molar refractivity (Wildman–Crippen MR) is 87.4 cm³/mol. The smallest absolute Gasteiger partial charge is 0.124 e. The summed E-state index contributed by atoms with van der Waals surface area (Å²) in [6, 6.07) is 13.3. The van der Waals surface area contributed by atoms with Gasteiger partial charge in [-0.15, -0.1) is 0 Å². The summed E-state index contributed by atoms with van der Waals surface area (Å²) in [6.45, 7) is 0.462. The lowest BCUT2D eigenvalue weighted by Crippen LogP contribution is -2.09. The number of halogens is 1. The van der Waals surface area contributed by atoms with Crippen molar-refractivity contribution in [2.75, 3.05) is 7.11 Å². The molecule has 2 aromatic carbocycles. The standard InChI is InChI=1S/C15H14BrNO2S/c1-18-13-6-11(15(17)20)7-14(8-13)19-9-10-3-2-4-12(16)5-10/h2-8H,9H2,1H3,(H2,17,20). The minimum Gasteiger partial charge on any atom is -0.497 e. The van der Waals surface area contributed by atoms with Gasteiger partial charge in [0.15, 0.2) is 0 Å². The maximum Gasteiger partial charge on any atom is 0.124 e. The first-order valence-corrected chi connectivity index (χ1v) is 7.15. The zero-order valence-corrected chi connectivity index (χ0v) is 13.3. The molecule has 0 amide bonds. The van der Waals surface area contributed by atoms with Gasteiger partial charge in [0.25, 0.3) is 0 Å². The highest BCUT2D eigenvalue weighted by atomic mass is 79.9. The molecule has 20 heavy (non-hydrogen) atoms. The van der Waals surface area contributed by atoms with Gasteiger partial charge in [0.1, 0.15) is 23.1 Å². The lowest BCUT2D eigenvalue weighted by Gasteiger charge is -2.10. The Bertz CT molecular complexity index is 631. The van der Waals surface area contributed by atoms with E-state index < -0.39 is 0 Å². The lowest BCUT2D eigenvalue weighted by atomic mass is 10.2. The zero-order valence-electron chi connectivity index (χ0n) is 10.9. The van der Waals surface area contributed by atoms with Crippen LogP contribution in [0, 0.1) is 0 Å². The second-order valence-electron chi connectivity index (χ2n) is 4.18. The molecule has 0 fully saturated rings. The van der Waals surface area contributed by atoms with Crippen molar-refractivity contribution in [3.63, 3.8) is 0 Å². The van der Waals surface area contributed by atoms with Gasteiger partial charge in [-0.3, -0.25) is 0 Å². The number of nitrogens with two attached hydrogens (primary N) is 1. The molecule has 0 spiro atoms. The van der Waals surface area contributed by atoms with Gasteiger partial charge in [0, 0.05) is 16.1 Å². The van der Waals surface area contributed by atoms with Gasteiger partial charge in [-0.25, -0.2) is 0 Å². The van der Waals surface area contributed by atoms with Crippen LogP contribution in [-0.4, -0.2) is 12.1 Å². The summed E-state index contributed by atoms with van der Waals surface area (Å²) in [7, 11) is 1.59. The van der Waals surface area contributed by atoms with Gasteiger partial charge >= 0.3 is 0 Å². The number of rotatable bonds is 5. The average Bonchev–Trinajstić information content (AvgIpc) is 2.45. The lowest BCUT2D eigenvalue weighted by molar-refractivity contribution is 0.303. The maximum atomic E-state index is 5.76. The predicted octanol–water partition coefficient (Wildman–Crippen LogP) is 3.67. The van der Waals surface area contributed by atoms with Crippen LogP contribution in [-0.2, 0) is 6.61 Å². The Morgan fingerprint density at radius 3 is 2.60 bits per heavy atom. The molecular formula is C15H14BrNO2S. The second-order valence-corrected chi connectivity index (χ2v) is 5.54. The summed E-state index contributed by atoms with van der Waals surface area (Å²) in [5.41, 5.74) is 7.44. The SMILES string of the molecule is COc1cc(OCc2cccc(Br)c2)cc(C(N)=S)c1. The topological polar surface area (TPSA) is 44.5 Å². The van der Waals surface area contributed by atoms with E-state index >= 15 is 0 Å². The molecule has 0 saturated heterocycles. The van der Waals surface area contributed by atoms with E-state index in [9.17, 15) is 0 Å². The van der Waals surface area contributed by atoms with E-state index in [1.807, 2.05) is 30.3 Å². The molecular weight excluding hydrogens is 338 g/mol. The Balaban J connectivity index is 2.16. The van der Waals surface area contributed by atoms with Crippen molar-refractivity contribution in [1.29, 1.82) is 0 Å². The number of hydrogen-bond donors (Lipinski definition) is 1. The van der Waals surface area contributed by atoms with Crippen LogP contribution < -0.4 is 15.2 Å². The molecule has 0 heterocycles. The number of benzene rings is 2. The largest absolute Gasteiger partial charge is 0.497 e. The maximum absolute atomic E-state index is 5.76. The third kappa shape index (κ3) is 3.95. The first-order chi connectivity index (χ1) is 9.58. The molecule has 0 aliphatic carbocycles. The van der Waals surface area contributed by atoms with E-state index in [1.54, 1.807) is 19.2 Å². The molecule has 0 unspecified atom stereocenters. The quantitative estimate of drug-likeness (QED) is 0.834. The van der Waals surface area contributed by atoms with Gasteiger partial charge in [-0.1, -0.05) is 40.3 Å². The Morgan fingerprint density at radius 2 is 1.95 bits per heavy atom. The third-order valence-corrected chi connectivity index (χ3v) is 3.42. The minimum absolute atomic E-state index is 0.316. The van der Waals surface area contributed by atoms with Crippen molar-refractivity contribution in [3.05, 3.63) is 58.1 Å². The molecule has 0 radical (unpaired) electrons. The fourth-order valence-electron chi connectivity index (χ4n) is 1.71. The molecule has 5 heteroatoms. The normalized spacial score (nSPS) is 10.1. The zero-order chi connectivity index (χ0) is 14.5. The summed E-state index contributed by atoms with van der Waals surface area (Å²) >= 11 is 8.42. The van der Waals surface area contributed by atoms with Crippen LogP contribution in [0.2, 0.25) is 0 Å². The Hall–Kier alpha value is -1.59. The van der Waals surface area contributed by atoms with Crippen LogP contribution >= 0.6 is 28.1 Å². The van der Waals surface area contributed by atoms with Crippen LogP contribution in [0.3, 0.4) is 0 Å². The van der Waals surface area contributed by atoms with Crippen molar-refractivity contribution in [2.45, 2.75) is 6.61 Å². The molecule has 2 aromatic rings. The molecule has 0 aromatic heterocycles. The molecule has 0 atom stereocenters. The first kappa shape index (κ1) is 14.8. The minimum atomic E-state index is 0.316. The highest BCUT2D eigenvalue weighted by Crippen LogP contribution is 2.24. The number of ether oxygens (including phenoxy) is 2. The van der Waals surface area contributed by atoms with Gasteiger partial charge in [0.05, 0.1) is 7.11 Å².